The second-order valence-corrected chi connectivity index (χ2v) is 7.36. The molecule has 1 amide bonds. The van der Waals surface area contributed by atoms with Crippen molar-refractivity contribution in [2.24, 2.45) is 0 Å². The van der Waals surface area contributed by atoms with Gasteiger partial charge in [-0.2, -0.15) is 0 Å². The predicted molar refractivity (Wildman–Crippen MR) is 112 cm³/mol. The van der Waals surface area contributed by atoms with E-state index in [0.717, 1.165) is 43.9 Å². The molecule has 29 heavy (non-hydrogen) atoms. The molecule has 3 rings (SSSR count). The van der Waals surface area contributed by atoms with Crippen molar-refractivity contribution in [3.8, 4) is 11.5 Å². The number of nitrogens with zero attached hydrogens (tertiary/aromatic N) is 3. The van der Waals surface area contributed by atoms with Gasteiger partial charge < -0.3 is 19.4 Å². The Labute approximate surface area is 172 Å². The van der Waals surface area contributed by atoms with Crippen molar-refractivity contribution < 1.29 is 14.3 Å². The first-order chi connectivity index (χ1) is 14.2. The summed E-state index contributed by atoms with van der Waals surface area (Å²) < 4.78 is 13.7. The summed E-state index contributed by atoms with van der Waals surface area (Å²) in [6.07, 6.45) is 7.06. The zero-order chi connectivity index (χ0) is 20.5. The summed E-state index contributed by atoms with van der Waals surface area (Å²) in [5.41, 5.74) is 0.569. The molecule has 1 aliphatic rings. The molecule has 1 aliphatic heterocycles. The van der Waals surface area contributed by atoms with Crippen LogP contribution in [0.2, 0.25) is 0 Å². The van der Waals surface area contributed by atoms with Gasteiger partial charge in [-0.15, -0.1) is 10.2 Å². The molecule has 1 aromatic carbocycles. The molecule has 0 saturated carbocycles. The van der Waals surface area contributed by atoms with Crippen LogP contribution < -0.4 is 14.8 Å². The van der Waals surface area contributed by atoms with Crippen LogP contribution in [-0.2, 0) is 19.4 Å². The van der Waals surface area contributed by atoms with Crippen LogP contribution in [0.3, 0.4) is 0 Å². The van der Waals surface area contributed by atoms with Crippen LogP contribution in [0.1, 0.15) is 68.0 Å². The minimum absolute atomic E-state index is 0.121. The molecule has 0 unspecified atom stereocenters. The number of benzene rings is 1. The molecule has 0 bridgehead atoms. The first-order valence-electron chi connectivity index (χ1n) is 10.8. The summed E-state index contributed by atoms with van der Waals surface area (Å²) in [5, 5.41) is 11.6. The third-order valence-corrected chi connectivity index (χ3v) is 4.95. The summed E-state index contributed by atoms with van der Waals surface area (Å²) >= 11 is 0. The molecule has 0 aliphatic carbocycles. The summed E-state index contributed by atoms with van der Waals surface area (Å²) in [6.45, 7) is 6.82. The summed E-state index contributed by atoms with van der Waals surface area (Å²) in [6, 6.07) is 5.36. The zero-order valence-electron chi connectivity index (χ0n) is 17.6. The highest BCUT2D eigenvalue weighted by Gasteiger charge is 2.15. The smallest absolute Gasteiger partial charge is 0.251 e. The lowest BCUT2D eigenvalue weighted by Crippen LogP contribution is -2.26. The van der Waals surface area contributed by atoms with Crippen LogP contribution in [0, 0.1) is 0 Å². The SMILES string of the molecule is CCCOc1ccc(C(=O)NCCc2nnc3n2CCCCC3)cc1OCCC. The van der Waals surface area contributed by atoms with Crippen molar-refractivity contribution in [2.45, 2.75) is 65.3 Å². The number of hydrogen-bond donors (Lipinski definition) is 1. The van der Waals surface area contributed by atoms with E-state index in [1.165, 1.54) is 12.8 Å². The maximum Gasteiger partial charge on any atom is 0.251 e. The number of aromatic nitrogens is 3. The Morgan fingerprint density at radius 3 is 2.66 bits per heavy atom. The van der Waals surface area contributed by atoms with Gasteiger partial charge in [0.05, 0.1) is 13.2 Å². The molecule has 1 N–H and O–H groups in total. The number of amides is 1. The molecular formula is C22H32N4O3. The normalized spacial score (nSPS) is 13.4. The standard InChI is InChI=1S/C22H32N4O3/c1-3-14-28-18-10-9-17(16-19(18)29-15-4-2)22(27)23-12-11-21-25-24-20-8-6-5-7-13-26(20)21/h9-10,16H,3-8,11-15H2,1-2H3,(H,23,27). The zero-order valence-corrected chi connectivity index (χ0v) is 17.6. The largest absolute Gasteiger partial charge is 0.490 e. The van der Waals surface area contributed by atoms with E-state index in [1.807, 2.05) is 13.0 Å². The number of hydrogen-bond acceptors (Lipinski definition) is 5. The number of fused-ring (bicyclic) bond motifs is 1. The second-order valence-electron chi connectivity index (χ2n) is 7.36. The Kier molecular flexibility index (Phi) is 7.90. The highest BCUT2D eigenvalue weighted by molar-refractivity contribution is 5.94. The minimum Gasteiger partial charge on any atom is -0.490 e. The summed E-state index contributed by atoms with van der Waals surface area (Å²) in [5.74, 6) is 3.21. The van der Waals surface area contributed by atoms with Crippen LogP contribution in [0.5, 0.6) is 11.5 Å². The van der Waals surface area contributed by atoms with E-state index < -0.39 is 0 Å². The van der Waals surface area contributed by atoms with Crippen molar-refractivity contribution >= 4 is 5.91 Å². The molecule has 0 spiro atoms. The third-order valence-electron chi connectivity index (χ3n) is 4.95. The molecule has 0 radical (unpaired) electrons. The maximum absolute atomic E-state index is 12.6. The van der Waals surface area contributed by atoms with Crippen molar-refractivity contribution in [1.29, 1.82) is 0 Å². The monoisotopic (exact) mass is 400 g/mol. The van der Waals surface area contributed by atoms with E-state index >= 15 is 0 Å². The first kappa shape index (κ1) is 21.1. The number of ether oxygens (including phenoxy) is 2. The fourth-order valence-electron chi connectivity index (χ4n) is 3.43. The van der Waals surface area contributed by atoms with E-state index in [9.17, 15) is 4.79 Å². The molecule has 2 heterocycles. The number of nitrogens with one attached hydrogen (secondary N) is 1. The average molecular weight is 401 g/mol. The van der Waals surface area contributed by atoms with Gasteiger partial charge in [0.25, 0.3) is 5.91 Å². The molecule has 158 valence electrons. The lowest BCUT2D eigenvalue weighted by atomic mass is 10.2. The fourth-order valence-corrected chi connectivity index (χ4v) is 3.43. The molecule has 7 nitrogen and oxygen atoms in total. The maximum atomic E-state index is 12.6. The van der Waals surface area contributed by atoms with Crippen LogP contribution in [0.15, 0.2) is 18.2 Å². The van der Waals surface area contributed by atoms with E-state index in [2.05, 4.69) is 27.0 Å². The van der Waals surface area contributed by atoms with Crippen molar-refractivity contribution in [2.75, 3.05) is 19.8 Å². The number of carbonyl (C=O) groups excluding carboxylic acids is 1. The fraction of sp³-hybridized carbons (Fsp3) is 0.591. The molecule has 0 saturated heterocycles. The van der Waals surface area contributed by atoms with Crippen molar-refractivity contribution in [3.05, 3.63) is 35.4 Å². The van der Waals surface area contributed by atoms with E-state index in [0.29, 0.717) is 43.2 Å². The van der Waals surface area contributed by atoms with E-state index in [1.54, 1.807) is 12.1 Å². The Morgan fingerprint density at radius 2 is 1.86 bits per heavy atom. The van der Waals surface area contributed by atoms with Gasteiger partial charge in [-0.05, 0) is 43.9 Å². The molecule has 0 fully saturated rings. The van der Waals surface area contributed by atoms with Gasteiger partial charge >= 0.3 is 0 Å². The quantitative estimate of drug-likeness (QED) is 0.660. The lowest BCUT2D eigenvalue weighted by molar-refractivity contribution is 0.0953. The molecular weight excluding hydrogens is 368 g/mol. The Morgan fingerprint density at radius 1 is 1.07 bits per heavy atom. The van der Waals surface area contributed by atoms with E-state index in [-0.39, 0.29) is 5.91 Å². The Bertz CT molecular complexity index is 803. The van der Waals surface area contributed by atoms with Crippen LogP contribution >= 0.6 is 0 Å². The number of rotatable bonds is 10. The number of aryl methyl sites for hydroxylation is 1. The summed E-state index contributed by atoms with van der Waals surface area (Å²) in [4.78, 5) is 12.6. The Hall–Kier alpha value is -2.57. The van der Waals surface area contributed by atoms with Crippen molar-refractivity contribution in [3.63, 3.8) is 0 Å². The van der Waals surface area contributed by atoms with Gasteiger partial charge in [0.15, 0.2) is 11.5 Å². The van der Waals surface area contributed by atoms with Gasteiger partial charge in [0.2, 0.25) is 0 Å². The van der Waals surface area contributed by atoms with E-state index in [4.69, 9.17) is 9.47 Å². The topological polar surface area (TPSA) is 78.3 Å². The van der Waals surface area contributed by atoms with Crippen LogP contribution in [-0.4, -0.2) is 40.4 Å². The Balaban J connectivity index is 1.59. The average Bonchev–Trinajstić information content (AvgIpc) is 2.96. The molecule has 0 atom stereocenters. The molecule has 1 aromatic heterocycles. The number of carbonyl (C=O) groups is 1. The second kappa shape index (κ2) is 10.8. The first-order valence-corrected chi connectivity index (χ1v) is 10.8. The highest BCUT2D eigenvalue weighted by Crippen LogP contribution is 2.29. The van der Waals surface area contributed by atoms with Crippen LogP contribution in [0.4, 0.5) is 0 Å². The van der Waals surface area contributed by atoms with Gasteiger partial charge in [-0.1, -0.05) is 20.3 Å². The van der Waals surface area contributed by atoms with Gasteiger partial charge in [0, 0.05) is 31.5 Å². The minimum atomic E-state index is -0.121. The van der Waals surface area contributed by atoms with Gasteiger partial charge in [-0.3, -0.25) is 4.79 Å². The molecule has 7 heteroatoms. The van der Waals surface area contributed by atoms with Gasteiger partial charge in [0.1, 0.15) is 11.6 Å². The van der Waals surface area contributed by atoms with Crippen LogP contribution in [0.25, 0.3) is 0 Å². The molecule has 2 aromatic rings. The van der Waals surface area contributed by atoms with Gasteiger partial charge in [-0.25, -0.2) is 0 Å². The predicted octanol–water partition coefficient (Wildman–Crippen LogP) is 3.55. The third kappa shape index (κ3) is 5.71. The highest BCUT2D eigenvalue weighted by atomic mass is 16.5. The van der Waals surface area contributed by atoms with Crippen molar-refractivity contribution in [1.82, 2.24) is 20.1 Å². The summed E-state index contributed by atoms with van der Waals surface area (Å²) in [7, 11) is 0. The lowest BCUT2D eigenvalue weighted by Gasteiger charge is -2.13.